The second-order valence-corrected chi connectivity index (χ2v) is 8.13. The van der Waals surface area contributed by atoms with Crippen LogP contribution in [0.25, 0.3) is 0 Å². The molecule has 0 aliphatic rings. The van der Waals surface area contributed by atoms with Gasteiger partial charge in [-0.25, -0.2) is 0 Å². The molecular weight excluding hydrogens is 405 g/mol. The number of hydrogen-bond donors (Lipinski definition) is 1. The largest absolute Gasteiger partial charge is 1.00 e. The smallest absolute Gasteiger partial charge is 0.102 e. The molecule has 0 fully saturated rings. The molecule has 0 radical (unpaired) electrons. The number of aliphatic hydroxyl groups is 1. The van der Waals surface area contributed by atoms with Gasteiger partial charge >= 0.3 is 0 Å². The van der Waals surface area contributed by atoms with Crippen LogP contribution < -0.4 is 24.0 Å². The minimum atomic E-state index is 0. The molecule has 0 aromatic heterocycles. The predicted octanol–water partition coefficient (Wildman–Crippen LogP) is 1.71. The molecule has 0 aromatic carbocycles. The van der Waals surface area contributed by atoms with Gasteiger partial charge in [0.1, 0.15) is 6.54 Å². The molecule has 0 aliphatic heterocycles. The first-order chi connectivity index (χ1) is 10.1. The third-order valence-corrected chi connectivity index (χ3v) is 5.24. The van der Waals surface area contributed by atoms with Crippen molar-refractivity contribution in [2.24, 2.45) is 0 Å². The summed E-state index contributed by atoms with van der Waals surface area (Å²) in [7, 11) is 4.41. The average molecular weight is 445 g/mol. The monoisotopic (exact) mass is 445 g/mol. The molecule has 0 saturated carbocycles. The van der Waals surface area contributed by atoms with Crippen LogP contribution >= 0.6 is 11.8 Å². The standard InChI is InChI=1S/C18H40NOS.HI/c1-4-5-6-7-8-9-10-11-12-13-17-21-18-15-19(2,3)14-16-20;/h20H,4-18H2,1-3H3;1H/q+1;/p-1. The van der Waals surface area contributed by atoms with Gasteiger partial charge in [-0.2, -0.15) is 11.8 Å². The highest BCUT2D eigenvalue weighted by molar-refractivity contribution is 7.99. The Kier molecular flexibility index (Phi) is 21.0. The molecule has 0 bridgehead atoms. The normalized spacial score (nSPS) is 11.5. The van der Waals surface area contributed by atoms with Gasteiger partial charge in [-0.1, -0.05) is 64.7 Å². The number of thioether (sulfide) groups is 1. The Morgan fingerprint density at radius 2 is 1.23 bits per heavy atom. The van der Waals surface area contributed by atoms with Crippen molar-refractivity contribution >= 4 is 11.8 Å². The first kappa shape index (κ1) is 25.2. The van der Waals surface area contributed by atoms with Gasteiger partial charge in [-0.05, 0) is 12.2 Å². The molecule has 0 heterocycles. The second kappa shape index (κ2) is 18.3. The van der Waals surface area contributed by atoms with Gasteiger partial charge in [-0.15, -0.1) is 0 Å². The fourth-order valence-electron chi connectivity index (χ4n) is 2.49. The summed E-state index contributed by atoms with van der Waals surface area (Å²) in [5, 5.41) is 8.98. The van der Waals surface area contributed by atoms with Crippen LogP contribution in [-0.4, -0.2) is 54.9 Å². The molecule has 136 valence electrons. The molecule has 0 rings (SSSR count). The number of rotatable bonds is 16. The highest BCUT2D eigenvalue weighted by Crippen LogP contribution is 2.13. The van der Waals surface area contributed by atoms with Crippen molar-refractivity contribution in [1.29, 1.82) is 0 Å². The van der Waals surface area contributed by atoms with Gasteiger partial charge in [0.15, 0.2) is 0 Å². The average Bonchev–Trinajstić information content (AvgIpc) is 2.44. The van der Waals surface area contributed by atoms with E-state index in [1.165, 1.54) is 82.3 Å². The number of hydrogen-bond acceptors (Lipinski definition) is 2. The zero-order valence-electron chi connectivity index (χ0n) is 15.3. The summed E-state index contributed by atoms with van der Waals surface area (Å²) in [6, 6.07) is 0. The van der Waals surface area contributed by atoms with E-state index in [9.17, 15) is 0 Å². The summed E-state index contributed by atoms with van der Waals surface area (Å²) < 4.78 is 0.946. The summed E-state index contributed by atoms with van der Waals surface area (Å²) in [5.74, 6) is 2.54. The van der Waals surface area contributed by atoms with Gasteiger partial charge in [0.05, 0.1) is 27.2 Å². The summed E-state index contributed by atoms with van der Waals surface area (Å²) in [6.45, 7) is 4.63. The van der Waals surface area contributed by atoms with Crippen LogP contribution in [0.1, 0.15) is 71.1 Å². The van der Waals surface area contributed by atoms with Crippen molar-refractivity contribution in [1.82, 2.24) is 0 Å². The summed E-state index contributed by atoms with van der Waals surface area (Å²) in [6.07, 6.45) is 14.2. The molecule has 0 unspecified atom stereocenters. The van der Waals surface area contributed by atoms with Crippen molar-refractivity contribution in [3.8, 4) is 0 Å². The van der Waals surface area contributed by atoms with Crippen LogP contribution in [0.5, 0.6) is 0 Å². The first-order valence-electron chi connectivity index (χ1n) is 9.13. The first-order valence-corrected chi connectivity index (χ1v) is 10.3. The lowest BCUT2D eigenvalue weighted by atomic mass is 10.1. The van der Waals surface area contributed by atoms with E-state index < -0.39 is 0 Å². The quantitative estimate of drug-likeness (QED) is 0.222. The lowest BCUT2D eigenvalue weighted by molar-refractivity contribution is -0.888. The third-order valence-electron chi connectivity index (χ3n) is 4.19. The fourth-order valence-corrected chi connectivity index (χ4v) is 3.72. The van der Waals surface area contributed by atoms with Gasteiger partial charge < -0.3 is 33.6 Å². The van der Waals surface area contributed by atoms with Gasteiger partial charge in [0.2, 0.25) is 0 Å². The molecule has 22 heavy (non-hydrogen) atoms. The van der Waals surface area contributed by atoms with Gasteiger partial charge in [0, 0.05) is 5.75 Å². The summed E-state index contributed by atoms with van der Waals surface area (Å²) in [4.78, 5) is 0. The van der Waals surface area contributed by atoms with Crippen molar-refractivity contribution in [2.45, 2.75) is 71.1 Å². The van der Waals surface area contributed by atoms with E-state index in [2.05, 4.69) is 32.8 Å². The van der Waals surface area contributed by atoms with E-state index in [1.54, 1.807) is 0 Å². The Morgan fingerprint density at radius 3 is 1.73 bits per heavy atom. The van der Waals surface area contributed by atoms with Crippen LogP contribution in [0.15, 0.2) is 0 Å². The van der Waals surface area contributed by atoms with E-state index in [0.29, 0.717) is 6.61 Å². The number of quaternary nitrogens is 1. The molecule has 2 nitrogen and oxygen atoms in total. The summed E-state index contributed by atoms with van der Waals surface area (Å²) >= 11 is 2.09. The number of likely N-dealkylation sites (N-methyl/N-ethyl adjacent to an activating group) is 1. The Morgan fingerprint density at radius 1 is 0.727 bits per heavy atom. The van der Waals surface area contributed by atoms with Crippen molar-refractivity contribution in [3.05, 3.63) is 0 Å². The van der Waals surface area contributed by atoms with Crippen LogP contribution in [0.3, 0.4) is 0 Å². The molecule has 0 atom stereocenters. The number of halogens is 1. The molecule has 1 N–H and O–H groups in total. The van der Waals surface area contributed by atoms with Gasteiger partial charge in [-0.3, -0.25) is 0 Å². The maximum Gasteiger partial charge on any atom is 0.102 e. The van der Waals surface area contributed by atoms with Crippen LogP contribution in [0, 0.1) is 0 Å². The number of nitrogens with zero attached hydrogens (tertiary/aromatic N) is 1. The number of aliphatic hydroxyl groups excluding tert-OH is 1. The van der Waals surface area contributed by atoms with E-state index in [1.807, 2.05) is 0 Å². The minimum Gasteiger partial charge on any atom is -1.00 e. The zero-order valence-corrected chi connectivity index (χ0v) is 18.3. The molecule has 4 heteroatoms. The molecule has 0 saturated heterocycles. The van der Waals surface area contributed by atoms with E-state index >= 15 is 0 Å². The third kappa shape index (κ3) is 19.0. The molecule has 0 aromatic rings. The van der Waals surface area contributed by atoms with E-state index in [4.69, 9.17) is 5.11 Å². The Labute approximate surface area is 161 Å². The Balaban J connectivity index is 0. The Hall–Kier alpha value is 1.00. The maximum atomic E-state index is 8.98. The Bertz CT molecular complexity index is 215. The lowest BCUT2D eigenvalue weighted by Gasteiger charge is -2.28. The van der Waals surface area contributed by atoms with Gasteiger partial charge in [0.25, 0.3) is 0 Å². The fraction of sp³-hybridized carbons (Fsp3) is 1.00. The molecule has 0 spiro atoms. The van der Waals surface area contributed by atoms with Crippen LogP contribution in [-0.2, 0) is 0 Å². The predicted molar refractivity (Wildman–Crippen MR) is 98.1 cm³/mol. The highest BCUT2D eigenvalue weighted by atomic mass is 127. The van der Waals surface area contributed by atoms with Crippen LogP contribution in [0.4, 0.5) is 0 Å². The van der Waals surface area contributed by atoms with Crippen molar-refractivity contribution in [3.63, 3.8) is 0 Å². The van der Waals surface area contributed by atoms with Crippen molar-refractivity contribution in [2.75, 3.05) is 45.3 Å². The SMILES string of the molecule is CCCCCCCCCCCCSCC[N+](C)(C)CCO.[I-]. The topological polar surface area (TPSA) is 20.2 Å². The molecule has 0 amide bonds. The maximum absolute atomic E-state index is 8.98. The lowest BCUT2D eigenvalue weighted by Crippen LogP contribution is -3.00. The minimum absolute atomic E-state index is 0. The highest BCUT2D eigenvalue weighted by Gasteiger charge is 2.12. The molecular formula is C18H40INOS. The summed E-state index contributed by atoms with van der Waals surface area (Å²) in [5.41, 5.74) is 0. The van der Waals surface area contributed by atoms with Crippen LogP contribution in [0.2, 0.25) is 0 Å². The van der Waals surface area contributed by atoms with Crippen molar-refractivity contribution < 1.29 is 33.6 Å². The zero-order chi connectivity index (χ0) is 15.8. The molecule has 0 aliphatic carbocycles. The second-order valence-electron chi connectivity index (χ2n) is 6.90. The van der Waals surface area contributed by atoms with E-state index in [0.717, 1.165) is 11.0 Å². The number of unbranched alkanes of at least 4 members (excludes halogenated alkanes) is 9. The van der Waals surface area contributed by atoms with E-state index in [-0.39, 0.29) is 24.0 Å².